The summed E-state index contributed by atoms with van der Waals surface area (Å²) in [5.74, 6) is 0. The summed E-state index contributed by atoms with van der Waals surface area (Å²) < 4.78 is 2.12. The van der Waals surface area contributed by atoms with Crippen molar-refractivity contribution in [2.45, 2.75) is 19.9 Å². The molecule has 1 saturated heterocycles. The summed E-state index contributed by atoms with van der Waals surface area (Å²) in [6, 6.07) is 0. The molecule has 0 N–H and O–H groups in total. The summed E-state index contributed by atoms with van der Waals surface area (Å²) in [5.41, 5.74) is 1.82. The van der Waals surface area contributed by atoms with Gasteiger partial charge in [0.15, 0.2) is 5.65 Å². The van der Waals surface area contributed by atoms with Gasteiger partial charge in [-0.15, -0.1) is 0 Å². The maximum Gasteiger partial charge on any atom is 0.163 e. The van der Waals surface area contributed by atoms with Crippen LogP contribution in [0.4, 0.5) is 0 Å². The lowest BCUT2D eigenvalue weighted by Gasteiger charge is -2.33. The average molecular weight is 274 g/mol. The van der Waals surface area contributed by atoms with E-state index in [4.69, 9.17) is 0 Å². The van der Waals surface area contributed by atoms with Crippen LogP contribution < -0.4 is 0 Å². The molecule has 0 unspecified atom stereocenters. The van der Waals surface area contributed by atoms with Crippen molar-refractivity contribution in [2.24, 2.45) is 0 Å². The van der Waals surface area contributed by atoms with E-state index in [0.717, 1.165) is 30.7 Å². The van der Waals surface area contributed by atoms with E-state index < -0.39 is 0 Å². The zero-order valence-corrected chi connectivity index (χ0v) is 12.1. The van der Waals surface area contributed by atoms with E-state index in [1.165, 1.54) is 32.7 Å². The SMILES string of the molecule is CCN1CCN(CCCn2cnc3cncnc32)CC1. The van der Waals surface area contributed by atoms with Gasteiger partial charge in [-0.25, -0.2) is 15.0 Å². The summed E-state index contributed by atoms with van der Waals surface area (Å²) in [6.45, 7) is 10.3. The van der Waals surface area contributed by atoms with Gasteiger partial charge in [0, 0.05) is 32.7 Å². The van der Waals surface area contributed by atoms with Crippen molar-refractivity contribution >= 4 is 11.2 Å². The Bertz CT molecular complexity index is 543. The normalized spacial score (nSPS) is 17.9. The maximum absolute atomic E-state index is 4.32. The summed E-state index contributed by atoms with van der Waals surface area (Å²) >= 11 is 0. The third-order valence-corrected chi connectivity index (χ3v) is 4.07. The number of piperazine rings is 1. The molecular formula is C14H22N6. The van der Waals surface area contributed by atoms with Crippen molar-refractivity contribution in [1.29, 1.82) is 0 Å². The van der Waals surface area contributed by atoms with Gasteiger partial charge >= 0.3 is 0 Å². The molecule has 20 heavy (non-hydrogen) atoms. The van der Waals surface area contributed by atoms with E-state index in [1.54, 1.807) is 12.5 Å². The molecule has 0 saturated carbocycles. The molecule has 0 bridgehead atoms. The number of nitrogens with zero attached hydrogens (tertiary/aromatic N) is 6. The Morgan fingerprint density at radius 2 is 1.85 bits per heavy atom. The van der Waals surface area contributed by atoms with E-state index in [2.05, 4.69) is 36.2 Å². The van der Waals surface area contributed by atoms with Crippen LogP contribution in [0.25, 0.3) is 11.2 Å². The van der Waals surface area contributed by atoms with Gasteiger partial charge in [0.2, 0.25) is 0 Å². The highest BCUT2D eigenvalue weighted by molar-refractivity contribution is 5.68. The summed E-state index contributed by atoms with van der Waals surface area (Å²) in [4.78, 5) is 17.7. The van der Waals surface area contributed by atoms with Gasteiger partial charge in [0.05, 0.1) is 12.5 Å². The first kappa shape index (κ1) is 13.5. The quantitative estimate of drug-likeness (QED) is 0.809. The minimum atomic E-state index is 0.879. The van der Waals surface area contributed by atoms with Gasteiger partial charge in [-0.3, -0.25) is 0 Å². The van der Waals surface area contributed by atoms with E-state index in [1.807, 2.05) is 6.33 Å². The van der Waals surface area contributed by atoms with E-state index in [9.17, 15) is 0 Å². The summed E-state index contributed by atoms with van der Waals surface area (Å²) in [5, 5.41) is 0. The van der Waals surface area contributed by atoms with Gasteiger partial charge in [-0.2, -0.15) is 0 Å². The largest absolute Gasteiger partial charge is 0.315 e. The third kappa shape index (κ3) is 2.96. The number of fused-ring (bicyclic) bond motifs is 1. The highest BCUT2D eigenvalue weighted by Crippen LogP contribution is 2.08. The second-order valence-electron chi connectivity index (χ2n) is 5.30. The molecule has 0 spiro atoms. The van der Waals surface area contributed by atoms with Crippen LogP contribution in [-0.4, -0.2) is 68.6 Å². The third-order valence-electron chi connectivity index (χ3n) is 4.07. The number of aryl methyl sites for hydroxylation is 1. The van der Waals surface area contributed by atoms with E-state index in [-0.39, 0.29) is 0 Å². The first-order valence-electron chi connectivity index (χ1n) is 7.42. The lowest BCUT2D eigenvalue weighted by molar-refractivity contribution is 0.135. The van der Waals surface area contributed by atoms with Gasteiger partial charge in [-0.1, -0.05) is 6.92 Å². The van der Waals surface area contributed by atoms with Crippen LogP contribution in [0.15, 0.2) is 18.9 Å². The zero-order chi connectivity index (χ0) is 13.8. The summed E-state index contributed by atoms with van der Waals surface area (Å²) in [7, 11) is 0. The fourth-order valence-electron chi connectivity index (χ4n) is 2.77. The fourth-order valence-corrected chi connectivity index (χ4v) is 2.77. The molecule has 0 amide bonds. The van der Waals surface area contributed by atoms with Gasteiger partial charge in [-0.05, 0) is 19.5 Å². The number of likely N-dealkylation sites (N-methyl/N-ethyl adjacent to an activating group) is 1. The predicted octanol–water partition coefficient (Wildman–Crippen LogP) is 0.854. The number of aromatic nitrogens is 4. The van der Waals surface area contributed by atoms with Crippen LogP contribution in [0.3, 0.4) is 0 Å². The average Bonchev–Trinajstić information content (AvgIpc) is 2.92. The van der Waals surface area contributed by atoms with Crippen LogP contribution in [0.5, 0.6) is 0 Å². The number of imidazole rings is 1. The van der Waals surface area contributed by atoms with Gasteiger partial charge < -0.3 is 14.4 Å². The standard InChI is InChI=1S/C14H22N6/c1-2-18-6-8-19(9-7-18)4-3-5-20-12-17-13-10-15-11-16-14(13)20/h10-12H,2-9H2,1H3. The molecule has 2 aromatic heterocycles. The Labute approximate surface area is 119 Å². The first-order valence-corrected chi connectivity index (χ1v) is 7.42. The molecule has 0 radical (unpaired) electrons. The van der Waals surface area contributed by atoms with Crippen LogP contribution in [0.1, 0.15) is 13.3 Å². The minimum Gasteiger partial charge on any atom is -0.315 e. The van der Waals surface area contributed by atoms with Crippen LogP contribution in [0, 0.1) is 0 Å². The molecule has 2 aromatic rings. The lowest BCUT2D eigenvalue weighted by atomic mass is 10.3. The molecule has 3 heterocycles. The smallest absolute Gasteiger partial charge is 0.163 e. The highest BCUT2D eigenvalue weighted by Gasteiger charge is 2.14. The van der Waals surface area contributed by atoms with Crippen molar-refractivity contribution in [3.05, 3.63) is 18.9 Å². The molecule has 1 aliphatic heterocycles. The Morgan fingerprint density at radius 3 is 2.65 bits per heavy atom. The molecule has 6 nitrogen and oxygen atoms in total. The first-order chi connectivity index (χ1) is 9.86. The molecule has 0 aliphatic carbocycles. The maximum atomic E-state index is 4.32. The topological polar surface area (TPSA) is 50.1 Å². The lowest BCUT2D eigenvalue weighted by Crippen LogP contribution is -2.46. The number of hydrogen-bond acceptors (Lipinski definition) is 5. The minimum absolute atomic E-state index is 0.879. The van der Waals surface area contributed by atoms with Crippen LogP contribution in [-0.2, 0) is 6.54 Å². The summed E-state index contributed by atoms with van der Waals surface area (Å²) in [6.07, 6.45) is 6.36. The van der Waals surface area contributed by atoms with Gasteiger partial charge in [0.1, 0.15) is 11.8 Å². The molecule has 0 aromatic carbocycles. The monoisotopic (exact) mass is 274 g/mol. The Hall–Kier alpha value is -1.53. The second-order valence-corrected chi connectivity index (χ2v) is 5.30. The molecule has 3 rings (SSSR count). The Kier molecular flexibility index (Phi) is 4.22. The van der Waals surface area contributed by atoms with Crippen molar-refractivity contribution in [1.82, 2.24) is 29.3 Å². The van der Waals surface area contributed by atoms with Crippen molar-refractivity contribution in [2.75, 3.05) is 39.3 Å². The van der Waals surface area contributed by atoms with E-state index >= 15 is 0 Å². The van der Waals surface area contributed by atoms with Crippen molar-refractivity contribution < 1.29 is 0 Å². The second kappa shape index (κ2) is 6.28. The Morgan fingerprint density at radius 1 is 1.05 bits per heavy atom. The predicted molar refractivity (Wildman–Crippen MR) is 78.5 cm³/mol. The van der Waals surface area contributed by atoms with Crippen molar-refractivity contribution in [3.8, 4) is 0 Å². The Balaban J connectivity index is 1.48. The molecule has 6 heteroatoms. The van der Waals surface area contributed by atoms with Crippen LogP contribution in [0.2, 0.25) is 0 Å². The van der Waals surface area contributed by atoms with Crippen LogP contribution >= 0.6 is 0 Å². The molecule has 1 aliphatic rings. The fraction of sp³-hybridized carbons (Fsp3) is 0.643. The molecule has 1 fully saturated rings. The van der Waals surface area contributed by atoms with Crippen molar-refractivity contribution in [3.63, 3.8) is 0 Å². The molecule has 108 valence electrons. The number of hydrogen-bond donors (Lipinski definition) is 0. The van der Waals surface area contributed by atoms with Gasteiger partial charge in [0.25, 0.3) is 0 Å². The number of rotatable bonds is 5. The highest BCUT2D eigenvalue weighted by atomic mass is 15.3. The molecule has 0 atom stereocenters. The van der Waals surface area contributed by atoms with E-state index in [0.29, 0.717) is 0 Å². The zero-order valence-electron chi connectivity index (χ0n) is 12.1. The molecular weight excluding hydrogens is 252 g/mol.